The molecule has 0 aliphatic rings. The molecule has 0 aromatic heterocycles. The lowest BCUT2D eigenvalue weighted by atomic mass is 10.3. The van der Waals surface area contributed by atoms with Crippen molar-refractivity contribution >= 4 is 15.7 Å². The van der Waals surface area contributed by atoms with E-state index >= 15 is 0 Å². The van der Waals surface area contributed by atoms with Crippen LogP contribution in [0.3, 0.4) is 0 Å². The van der Waals surface area contributed by atoms with E-state index in [0.717, 1.165) is 10.4 Å². The SMILES string of the molecule is COc1cc(OC)c(S(=O)(=O)N(CC(C)O)c2ccccc2)cc1F. The van der Waals surface area contributed by atoms with Crippen molar-refractivity contribution in [1.29, 1.82) is 0 Å². The van der Waals surface area contributed by atoms with E-state index in [-0.39, 0.29) is 22.9 Å². The van der Waals surface area contributed by atoms with Gasteiger partial charge in [-0.15, -0.1) is 0 Å². The molecule has 1 N–H and O–H groups in total. The van der Waals surface area contributed by atoms with Gasteiger partial charge in [-0.3, -0.25) is 4.31 Å². The second kappa shape index (κ2) is 7.71. The van der Waals surface area contributed by atoms with E-state index in [0.29, 0.717) is 5.69 Å². The zero-order chi connectivity index (χ0) is 18.6. The number of hydrogen-bond acceptors (Lipinski definition) is 5. The van der Waals surface area contributed by atoms with Gasteiger partial charge >= 0.3 is 0 Å². The summed E-state index contributed by atoms with van der Waals surface area (Å²) >= 11 is 0. The van der Waals surface area contributed by atoms with Crippen molar-refractivity contribution in [3.63, 3.8) is 0 Å². The van der Waals surface area contributed by atoms with E-state index in [9.17, 15) is 17.9 Å². The number of rotatable bonds is 7. The van der Waals surface area contributed by atoms with Gasteiger partial charge in [-0.1, -0.05) is 18.2 Å². The Balaban J connectivity index is 2.63. The fourth-order valence-corrected chi connectivity index (χ4v) is 4.03. The molecule has 0 amide bonds. The molecule has 136 valence electrons. The summed E-state index contributed by atoms with van der Waals surface area (Å²) in [4.78, 5) is -0.349. The van der Waals surface area contributed by atoms with Gasteiger partial charge in [-0.25, -0.2) is 12.8 Å². The molecule has 8 heteroatoms. The lowest BCUT2D eigenvalue weighted by Crippen LogP contribution is -2.36. The van der Waals surface area contributed by atoms with E-state index in [2.05, 4.69) is 0 Å². The molecule has 0 saturated heterocycles. The van der Waals surface area contributed by atoms with Gasteiger partial charge < -0.3 is 14.6 Å². The lowest BCUT2D eigenvalue weighted by Gasteiger charge is -2.26. The fourth-order valence-electron chi connectivity index (χ4n) is 2.33. The van der Waals surface area contributed by atoms with E-state index in [1.807, 2.05) is 0 Å². The molecule has 6 nitrogen and oxygen atoms in total. The van der Waals surface area contributed by atoms with E-state index in [1.54, 1.807) is 30.3 Å². The van der Waals surface area contributed by atoms with Crippen molar-refractivity contribution in [3.05, 3.63) is 48.3 Å². The molecule has 0 radical (unpaired) electrons. The zero-order valence-corrected chi connectivity index (χ0v) is 15.0. The van der Waals surface area contributed by atoms with Crippen LogP contribution in [0.25, 0.3) is 0 Å². The first-order chi connectivity index (χ1) is 11.8. The number of halogens is 1. The molecule has 2 rings (SSSR count). The summed E-state index contributed by atoms with van der Waals surface area (Å²) in [7, 11) is -1.63. The van der Waals surface area contributed by atoms with Gasteiger partial charge in [0.15, 0.2) is 11.6 Å². The minimum atomic E-state index is -4.19. The average molecular weight is 369 g/mol. The third kappa shape index (κ3) is 4.02. The maximum Gasteiger partial charge on any atom is 0.268 e. The van der Waals surface area contributed by atoms with Crippen LogP contribution < -0.4 is 13.8 Å². The molecule has 25 heavy (non-hydrogen) atoms. The highest BCUT2D eigenvalue weighted by molar-refractivity contribution is 7.93. The summed E-state index contributed by atoms with van der Waals surface area (Å²) in [5.74, 6) is -1.01. The van der Waals surface area contributed by atoms with E-state index in [4.69, 9.17) is 9.47 Å². The monoisotopic (exact) mass is 369 g/mol. The molecule has 0 aliphatic heterocycles. The van der Waals surface area contributed by atoms with Crippen LogP contribution >= 0.6 is 0 Å². The molecular weight excluding hydrogens is 349 g/mol. The van der Waals surface area contributed by atoms with Gasteiger partial charge in [0, 0.05) is 12.1 Å². The Morgan fingerprint density at radius 1 is 1.12 bits per heavy atom. The van der Waals surface area contributed by atoms with E-state index in [1.165, 1.54) is 27.2 Å². The van der Waals surface area contributed by atoms with Crippen molar-refractivity contribution < 1.29 is 27.4 Å². The number of nitrogens with zero attached hydrogens (tertiary/aromatic N) is 1. The van der Waals surface area contributed by atoms with Crippen molar-refractivity contribution in [2.24, 2.45) is 0 Å². The number of ether oxygens (including phenoxy) is 2. The van der Waals surface area contributed by atoms with Gasteiger partial charge in [0.2, 0.25) is 0 Å². The Bertz CT molecular complexity index is 824. The summed E-state index contributed by atoms with van der Waals surface area (Å²) in [6, 6.07) is 10.3. The standard InChI is InChI=1S/C17H20FNO5S/c1-12(20)11-19(13-7-5-4-6-8-13)25(21,22)17-9-14(18)15(23-2)10-16(17)24-3/h4-10,12,20H,11H2,1-3H3. The molecule has 0 spiro atoms. The molecule has 0 aliphatic carbocycles. The highest BCUT2D eigenvalue weighted by atomic mass is 32.2. The minimum Gasteiger partial charge on any atom is -0.495 e. The van der Waals surface area contributed by atoms with Gasteiger partial charge in [-0.2, -0.15) is 0 Å². The van der Waals surface area contributed by atoms with Crippen molar-refractivity contribution in [3.8, 4) is 11.5 Å². The number of anilines is 1. The molecular formula is C17H20FNO5S. The first-order valence-corrected chi connectivity index (χ1v) is 8.92. The van der Waals surface area contributed by atoms with Crippen LogP contribution in [0.5, 0.6) is 11.5 Å². The summed E-state index contributed by atoms with van der Waals surface area (Å²) in [5.41, 5.74) is 0.349. The van der Waals surface area contributed by atoms with Gasteiger partial charge in [0.05, 0.1) is 32.6 Å². The number of para-hydroxylation sites is 1. The Morgan fingerprint density at radius 3 is 2.24 bits per heavy atom. The molecule has 0 saturated carbocycles. The Morgan fingerprint density at radius 2 is 1.72 bits per heavy atom. The van der Waals surface area contributed by atoms with Crippen molar-refractivity contribution in [2.75, 3.05) is 25.1 Å². The molecule has 0 heterocycles. The third-order valence-electron chi connectivity index (χ3n) is 3.48. The Hall–Kier alpha value is -2.32. The molecule has 2 aromatic carbocycles. The second-order valence-electron chi connectivity index (χ2n) is 5.36. The summed E-state index contributed by atoms with van der Waals surface area (Å²) in [6.07, 6.45) is -0.927. The van der Waals surface area contributed by atoms with Gasteiger partial charge in [-0.05, 0) is 19.1 Å². The van der Waals surface area contributed by atoms with Crippen molar-refractivity contribution in [2.45, 2.75) is 17.9 Å². The second-order valence-corrected chi connectivity index (χ2v) is 7.19. The molecule has 2 aromatic rings. The normalized spacial score (nSPS) is 12.5. The van der Waals surface area contributed by atoms with E-state index < -0.39 is 21.9 Å². The topological polar surface area (TPSA) is 76.1 Å². The average Bonchev–Trinajstić information content (AvgIpc) is 2.59. The fraction of sp³-hybridized carbons (Fsp3) is 0.294. The largest absolute Gasteiger partial charge is 0.495 e. The van der Waals surface area contributed by atoms with Crippen LogP contribution in [-0.4, -0.2) is 40.4 Å². The Labute approximate surface area is 146 Å². The summed E-state index contributed by atoms with van der Waals surface area (Å²) in [6.45, 7) is 1.28. The first kappa shape index (κ1) is 19.0. The number of aliphatic hydroxyl groups excluding tert-OH is 1. The molecule has 1 atom stereocenters. The quantitative estimate of drug-likeness (QED) is 0.811. The lowest BCUT2D eigenvalue weighted by molar-refractivity contribution is 0.204. The van der Waals surface area contributed by atoms with Crippen LogP contribution in [0.4, 0.5) is 10.1 Å². The summed E-state index contributed by atoms with van der Waals surface area (Å²) in [5, 5.41) is 9.73. The van der Waals surface area contributed by atoms with Crippen LogP contribution in [0.15, 0.2) is 47.4 Å². The highest BCUT2D eigenvalue weighted by Crippen LogP contribution is 2.34. The molecule has 1 unspecified atom stereocenters. The number of methoxy groups -OCH3 is 2. The van der Waals surface area contributed by atoms with Crippen LogP contribution in [0.1, 0.15) is 6.92 Å². The maximum atomic E-state index is 14.1. The van der Waals surface area contributed by atoms with Gasteiger partial charge in [0.25, 0.3) is 10.0 Å². The number of hydrogen-bond donors (Lipinski definition) is 1. The number of benzene rings is 2. The minimum absolute atomic E-state index is 0.0511. The number of sulfonamides is 1. The number of aliphatic hydroxyl groups is 1. The maximum absolute atomic E-state index is 14.1. The smallest absolute Gasteiger partial charge is 0.268 e. The van der Waals surface area contributed by atoms with Crippen LogP contribution in [0.2, 0.25) is 0 Å². The van der Waals surface area contributed by atoms with Crippen LogP contribution in [0, 0.1) is 5.82 Å². The predicted octanol–water partition coefficient (Wildman–Crippen LogP) is 2.42. The van der Waals surface area contributed by atoms with Gasteiger partial charge in [0.1, 0.15) is 10.6 Å². The summed E-state index contributed by atoms with van der Waals surface area (Å²) < 4.78 is 51.3. The first-order valence-electron chi connectivity index (χ1n) is 7.48. The molecule has 0 fully saturated rings. The third-order valence-corrected chi connectivity index (χ3v) is 5.30. The van der Waals surface area contributed by atoms with Crippen molar-refractivity contribution in [1.82, 2.24) is 0 Å². The Kier molecular flexibility index (Phi) is 5.86. The zero-order valence-electron chi connectivity index (χ0n) is 14.1. The highest BCUT2D eigenvalue weighted by Gasteiger charge is 2.30. The molecule has 0 bridgehead atoms. The van der Waals surface area contributed by atoms with Crippen LogP contribution in [-0.2, 0) is 10.0 Å². The predicted molar refractivity (Wildman–Crippen MR) is 92.2 cm³/mol.